The van der Waals surface area contributed by atoms with Crippen molar-refractivity contribution in [2.75, 3.05) is 20.8 Å². The Balaban J connectivity index is 6.20. The molecule has 0 aliphatic rings. The van der Waals surface area contributed by atoms with Crippen molar-refractivity contribution in [3.8, 4) is 0 Å². The Kier molecular flexibility index (Phi) is 15.5. The number of hydrogen-bond donors (Lipinski definition) is 2. The fraction of sp³-hybridized carbons (Fsp3) is 0.696. The van der Waals surface area contributed by atoms with Gasteiger partial charge in [0.25, 0.3) is 0 Å². The van der Waals surface area contributed by atoms with Gasteiger partial charge in [-0.05, 0) is 56.1 Å². The monoisotopic (exact) mass is 411 g/mol. The van der Waals surface area contributed by atoms with Crippen molar-refractivity contribution in [2.45, 2.75) is 73.0 Å². The number of carbonyl (C=O) groups excluding carboxylic acids is 1. The minimum absolute atomic E-state index is 0.0448. The molecule has 3 atom stereocenters. The molecule has 29 heavy (non-hydrogen) atoms. The standard InChI is InChI=1S/C23H41NO5/c1-8-19(15-20(9-2)24-16-25)22(23(28-7)29-26)21(10-3)18(5)14-17(4)12-11-13-27-6/h14-17,19,23,26H,8-13H2,1-7H3,(H,24,25)/b18-14+,20-15+,22-21-. The van der Waals surface area contributed by atoms with Gasteiger partial charge >= 0.3 is 0 Å². The lowest BCUT2D eigenvalue weighted by Crippen LogP contribution is -2.25. The summed E-state index contributed by atoms with van der Waals surface area (Å²) in [6.45, 7) is 11.2. The van der Waals surface area contributed by atoms with Crippen LogP contribution in [0.1, 0.15) is 66.7 Å². The number of allylic oxidation sites excluding steroid dienone is 5. The zero-order valence-electron chi connectivity index (χ0n) is 19.3. The van der Waals surface area contributed by atoms with Crippen molar-refractivity contribution >= 4 is 6.41 Å². The zero-order valence-corrected chi connectivity index (χ0v) is 19.3. The molecule has 0 fully saturated rings. The van der Waals surface area contributed by atoms with Crippen LogP contribution in [0.15, 0.2) is 34.6 Å². The molecule has 0 radical (unpaired) electrons. The van der Waals surface area contributed by atoms with Gasteiger partial charge in [-0.3, -0.25) is 4.79 Å². The van der Waals surface area contributed by atoms with Crippen molar-refractivity contribution in [3.63, 3.8) is 0 Å². The fourth-order valence-corrected chi connectivity index (χ4v) is 3.65. The van der Waals surface area contributed by atoms with Crippen LogP contribution in [0.4, 0.5) is 0 Å². The van der Waals surface area contributed by atoms with E-state index in [1.54, 1.807) is 7.11 Å². The molecule has 3 unspecified atom stereocenters. The van der Waals surface area contributed by atoms with Crippen LogP contribution in [0.2, 0.25) is 0 Å². The maximum absolute atomic E-state index is 10.9. The molecule has 0 spiro atoms. The van der Waals surface area contributed by atoms with Gasteiger partial charge in [-0.1, -0.05) is 45.4 Å². The molecule has 0 heterocycles. The molecular weight excluding hydrogens is 370 g/mol. The lowest BCUT2D eigenvalue weighted by molar-refractivity contribution is -0.328. The molecule has 0 aliphatic carbocycles. The smallest absolute Gasteiger partial charge is 0.213 e. The van der Waals surface area contributed by atoms with E-state index >= 15 is 0 Å². The van der Waals surface area contributed by atoms with E-state index in [1.807, 2.05) is 13.0 Å². The lowest BCUT2D eigenvalue weighted by Gasteiger charge is -2.27. The molecule has 6 nitrogen and oxygen atoms in total. The first-order valence-corrected chi connectivity index (χ1v) is 10.6. The summed E-state index contributed by atoms with van der Waals surface area (Å²) in [5.41, 5.74) is 3.98. The Morgan fingerprint density at radius 2 is 1.83 bits per heavy atom. The van der Waals surface area contributed by atoms with E-state index in [0.29, 0.717) is 18.7 Å². The highest BCUT2D eigenvalue weighted by atomic mass is 17.1. The van der Waals surface area contributed by atoms with E-state index in [4.69, 9.17) is 14.4 Å². The molecule has 0 aromatic heterocycles. The maximum atomic E-state index is 10.9. The molecule has 0 rings (SSSR count). The molecule has 0 bridgehead atoms. The summed E-state index contributed by atoms with van der Waals surface area (Å²) < 4.78 is 10.6. The fourth-order valence-electron chi connectivity index (χ4n) is 3.65. The average molecular weight is 412 g/mol. The second-order valence-corrected chi connectivity index (χ2v) is 7.24. The molecule has 6 heteroatoms. The van der Waals surface area contributed by atoms with Crippen LogP contribution in [0.3, 0.4) is 0 Å². The SMILES string of the molecule is CCC(=C(\C(/C=C(\CC)NC=O)CC)C(OC)OO)/C(C)=C/C(C)CCCOC. The molecule has 0 aliphatic heterocycles. The minimum Gasteiger partial charge on any atom is -0.385 e. The Bertz CT molecular complexity index is 549. The average Bonchev–Trinajstić information content (AvgIpc) is 2.71. The lowest BCUT2D eigenvalue weighted by atomic mass is 9.85. The number of amides is 1. The predicted octanol–water partition coefficient (Wildman–Crippen LogP) is 5.23. The second kappa shape index (κ2) is 16.3. The molecule has 168 valence electrons. The highest BCUT2D eigenvalue weighted by Crippen LogP contribution is 2.32. The van der Waals surface area contributed by atoms with Gasteiger partial charge in [0.15, 0.2) is 0 Å². The van der Waals surface area contributed by atoms with Crippen LogP contribution in [-0.4, -0.2) is 38.8 Å². The normalized spacial score (nSPS) is 16.8. The van der Waals surface area contributed by atoms with Gasteiger partial charge in [0.05, 0.1) is 0 Å². The molecule has 0 saturated carbocycles. The molecule has 0 aromatic rings. The number of nitrogens with one attached hydrogen (secondary N) is 1. The van der Waals surface area contributed by atoms with Crippen LogP contribution < -0.4 is 5.32 Å². The minimum atomic E-state index is -0.868. The van der Waals surface area contributed by atoms with Crippen LogP contribution in [-0.2, 0) is 19.2 Å². The summed E-state index contributed by atoms with van der Waals surface area (Å²) in [6.07, 6.45) is 8.43. The number of hydrogen-bond acceptors (Lipinski definition) is 5. The second-order valence-electron chi connectivity index (χ2n) is 7.24. The van der Waals surface area contributed by atoms with Gasteiger partial charge in [0.1, 0.15) is 0 Å². The van der Waals surface area contributed by atoms with Crippen LogP contribution in [0.25, 0.3) is 0 Å². The summed E-state index contributed by atoms with van der Waals surface area (Å²) in [7, 11) is 3.24. The van der Waals surface area contributed by atoms with E-state index in [1.165, 1.54) is 7.11 Å². The number of rotatable bonds is 16. The Morgan fingerprint density at radius 1 is 1.14 bits per heavy atom. The first-order chi connectivity index (χ1) is 13.9. The molecular formula is C23H41NO5. The van der Waals surface area contributed by atoms with E-state index in [2.05, 4.69) is 39.1 Å². The highest BCUT2D eigenvalue weighted by molar-refractivity contribution is 5.50. The van der Waals surface area contributed by atoms with Crippen molar-refractivity contribution in [1.82, 2.24) is 5.32 Å². The van der Waals surface area contributed by atoms with E-state index in [9.17, 15) is 10.1 Å². The maximum Gasteiger partial charge on any atom is 0.213 e. The van der Waals surface area contributed by atoms with Gasteiger partial charge in [-0.2, -0.15) is 0 Å². The van der Waals surface area contributed by atoms with Gasteiger partial charge in [-0.25, -0.2) is 10.1 Å². The number of ether oxygens (including phenoxy) is 2. The molecule has 1 amide bonds. The summed E-state index contributed by atoms with van der Waals surface area (Å²) in [5.74, 6) is 0.360. The Labute approximate surface area is 176 Å². The van der Waals surface area contributed by atoms with Crippen molar-refractivity contribution < 1.29 is 24.4 Å². The summed E-state index contributed by atoms with van der Waals surface area (Å²) >= 11 is 0. The molecule has 2 N–H and O–H groups in total. The Morgan fingerprint density at radius 3 is 2.28 bits per heavy atom. The molecule has 0 aromatic carbocycles. The van der Waals surface area contributed by atoms with Gasteiger partial charge in [0.2, 0.25) is 12.7 Å². The quantitative estimate of drug-likeness (QED) is 0.0908. The van der Waals surface area contributed by atoms with Crippen molar-refractivity contribution in [1.29, 1.82) is 0 Å². The zero-order chi connectivity index (χ0) is 22.2. The van der Waals surface area contributed by atoms with Gasteiger partial charge in [-0.15, -0.1) is 0 Å². The first-order valence-electron chi connectivity index (χ1n) is 10.6. The van der Waals surface area contributed by atoms with E-state index in [0.717, 1.165) is 54.7 Å². The highest BCUT2D eigenvalue weighted by Gasteiger charge is 2.26. The van der Waals surface area contributed by atoms with Gasteiger partial charge < -0.3 is 14.8 Å². The largest absolute Gasteiger partial charge is 0.385 e. The number of carbonyl (C=O) groups is 1. The first kappa shape index (κ1) is 27.5. The van der Waals surface area contributed by atoms with E-state index < -0.39 is 6.29 Å². The third-order valence-corrected chi connectivity index (χ3v) is 5.15. The van der Waals surface area contributed by atoms with Crippen LogP contribution in [0, 0.1) is 11.8 Å². The topological polar surface area (TPSA) is 77.0 Å². The third kappa shape index (κ3) is 9.72. The van der Waals surface area contributed by atoms with Crippen LogP contribution in [0.5, 0.6) is 0 Å². The van der Waals surface area contributed by atoms with E-state index in [-0.39, 0.29) is 5.92 Å². The summed E-state index contributed by atoms with van der Waals surface area (Å²) in [4.78, 5) is 15.6. The predicted molar refractivity (Wildman–Crippen MR) is 117 cm³/mol. The van der Waals surface area contributed by atoms with Crippen molar-refractivity contribution in [2.24, 2.45) is 11.8 Å². The van der Waals surface area contributed by atoms with Crippen molar-refractivity contribution in [3.05, 3.63) is 34.6 Å². The molecule has 0 saturated heterocycles. The third-order valence-electron chi connectivity index (χ3n) is 5.15. The Hall–Kier alpha value is -1.47. The van der Waals surface area contributed by atoms with Crippen LogP contribution >= 0.6 is 0 Å². The van der Waals surface area contributed by atoms with Gasteiger partial charge in [0, 0.05) is 32.4 Å². The number of methoxy groups -OCH3 is 2. The summed E-state index contributed by atoms with van der Waals surface area (Å²) in [5, 5.41) is 12.3. The summed E-state index contributed by atoms with van der Waals surface area (Å²) in [6, 6.07) is 0.